The zero-order valence-electron chi connectivity index (χ0n) is 13.6. The monoisotopic (exact) mass is 298 g/mol. The highest BCUT2D eigenvalue weighted by molar-refractivity contribution is 5.74. The first-order valence-electron chi connectivity index (χ1n) is 8.41. The van der Waals surface area contributed by atoms with E-state index in [1.54, 1.807) is 0 Å². The Morgan fingerprint density at radius 1 is 1.38 bits per heavy atom. The quantitative estimate of drug-likeness (QED) is 0.848. The highest BCUT2D eigenvalue weighted by Crippen LogP contribution is 2.18. The number of nitrogens with one attached hydrogen (secondary N) is 1. The maximum absolute atomic E-state index is 12.3. The van der Waals surface area contributed by atoms with Gasteiger partial charge >= 0.3 is 6.03 Å². The topological polar surface area (TPSA) is 50.8 Å². The fourth-order valence-electron chi connectivity index (χ4n) is 3.12. The van der Waals surface area contributed by atoms with Gasteiger partial charge in [-0.05, 0) is 46.0 Å². The molecule has 2 aliphatic heterocycles. The number of rotatable bonds is 5. The van der Waals surface area contributed by atoms with Gasteiger partial charge < -0.3 is 19.7 Å². The van der Waals surface area contributed by atoms with Crippen LogP contribution in [-0.2, 0) is 9.47 Å². The van der Waals surface area contributed by atoms with Gasteiger partial charge in [0.15, 0.2) is 0 Å². The van der Waals surface area contributed by atoms with E-state index in [1.807, 2.05) is 11.8 Å². The predicted molar refractivity (Wildman–Crippen MR) is 82.4 cm³/mol. The third kappa shape index (κ3) is 5.15. The van der Waals surface area contributed by atoms with Crippen LogP contribution in [0.5, 0.6) is 0 Å². The molecule has 1 N–H and O–H groups in total. The standard InChI is InChI=1S/C16H30N2O3/c1-4-14-11-18(10-13(3)21-14)16(19)17-12(2)7-8-15-6-5-9-20-15/h12-15H,4-11H2,1-3H3,(H,17,19)/t12-,13+,14-,15+/m1/s1. The Balaban J connectivity index is 1.71. The summed E-state index contributed by atoms with van der Waals surface area (Å²) in [4.78, 5) is 14.2. The molecule has 5 heteroatoms. The van der Waals surface area contributed by atoms with Crippen LogP contribution in [-0.4, -0.2) is 55.0 Å². The highest BCUT2D eigenvalue weighted by Gasteiger charge is 2.28. The zero-order chi connectivity index (χ0) is 15.2. The predicted octanol–water partition coefficient (Wildman–Crippen LogP) is 2.54. The van der Waals surface area contributed by atoms with E-state index in [1.165, 1.54) is 12.8 Å². The van der Waals surface area contributed by atoms with E-state index in [9.17, 15) is 4.79 Å². The first-order valence-corrected chi connectivity index (χ1v) is 8.41. The molecular formula is C16H30N2O3. The van der Waals surface area contributed by atoms with Crippen molar-refractivity contribution >= 4 is 6.03 Å². The Morgan fingerprint density at radius 2 is 2.19 bits per heavy atom. The molecule has 2 rings (SSSR count). The maximum Gasteiger partial charge on any atom is 0.317 e. The maximum atomic E-state index is 12.3. The molecule has 122 valence electrons. The molecule has 0 aromatic carbocycles. The van der Waals surface area contributed by atoms with Crippen LogP contribution in [0.2, 0.25) is 0 Å². The van der Waals surface area contributed by atoms with E-state index in [4.69, 9.17) is 9.47 Å². The lowest BCUT2D eigenvalue weighted by Gasteiger charge is -2.37. The van der Waals surface area contributed by atoms with Gasteiger partial charge in [0.05, 0.1) is 18.3 Å². The van der Waals surface area contributed by atoms with E-state index >= 15 is 0 Å². The van der Waals surface area contributed by atoms with Crippen LogP contribution < -0.4 is 5.32 Å². The van der Waals surface area contributed by atoms with Crippen molar-refractivity contribution in [2.45, 2.75) is 77.2 Å². The summed E-state index contributed by atoms with van der Waals surface area (Å²) in [6.45, 7) is 8.49. The van der Waals surface area contributed by atoms with Gasteiger partial charge in [-0.25, -0.2) is 4.79 Å². The van der Waals surface area contributed by atoms with Crippen molar-refractivity contribution in [1.82, 2.24) is 10.2 Å². The molecule has 0 aliphatic carbocycles. The minimum atomic E-state index is 0.0449. The van der Waals surface area contributed by atoms with Gasteiger partial charge in [0, 0.05) is 25.7 Å². The molecule has 5 nitrogen and oxygen atoms in total. The fraction of sp³-hybridized carbons (Fsp3) is 0.938. The molecule has 0 radical (unpaired) electrons. The number of nitrogens with zero attached hydrogens (tertiary/aromatic N) is 1. The zero-order valence-corrected chi connectivity index (χ0v) is 13.6. The lowest BCUT2D eigenvalue weighted by atomic mass is 10.1. The number of amides is 2. The van der Waals surface area contributed by atoms with Crippen LogP contribution in [0.25, 0.3) is 0 Å². The molecular weight excluding hydrogens is 268 g/mol. The Bertz CT molecular complexity index is 331. The van der Waals surface area contributed by atoms with Crippen LogP contribution in [0.1, 0.15) is 52.9 Å². The number of hydrogen-bond donors (Lipinski definition) is 1. The van der Waals surface area contributed by atoms with Gasteiger partial charge in [-0.2, -0.15) is 0 Å². The smallest absolute Gasteiger partial charge is 0.317 e. The number of carbonyl (C=O) groups is 1. The minimum absolute atomic E-state index is 0.0449. The van der Waals surface area contributed by atoms with Crippen molar-refractivity contribution in [2.24, 2.45) is 0 Å². The summed E-state index contributed by atoms with van der Waals surface area (Å²) in [7, 11) is 0. The molecule has 0 aromatic rings. The van der Waals surface area contributed by atoms with Crippen LogP contribution in [0, 0.1) is 0 Å². The number of hydrogen-bond acceptors (Lipinski definition) is 3. The summed E-state index contributed by atoms with van der Waals surface area (Å²) in [5, 5.41) is 3.11. The Morgan fingerprint density at radius 3 is 2.86 bits per heavy atom. The highest BCUT2D eigenvalue weighted by atomic mass is 16.5. The third-order valence-corrected chi connectivity index (χ3v) is 4.38. The second-order valence-electron chi connectivity index (χ2n) is 6.44. The Labute approximate surface area is 128 Å². The summed E-state index contributed by atoms with van der Waals surface area (Å²) >= 11 is 0. The normalized spacial score (nSPS) is 31.2. The molecule has 0 spiro atoms. The lowest BCUT2D eigenvalue weighted by Crippen LogP contribution is -2.53. The van der Waals surface area contributed by atoms with E-state index in [0.717, 1.165) is 25.9 Å². The molecule has 2 fully saturated rings. The number of urea groups is 1. The van der Waals surface area contributed by atoms with Crippen molar-refractivity contribution in [3.63, 3.8) is 0 Å². The molecule has 0 bridgehead atoms. The average molecular weight is 298 g/mol. The molecule has 21 heavy (non-hydrogen) atoms. The molecule has 4 atom stereocenters. The van der Waals surface area contributed by atoms with Gasteiger partial charge in [0.2, 0.25) is 0 Å². The van der Waals surface area contributed by atoms with Gasteiger partial charge in [-0.3, -0.25) is 0 Å². The molecule has 2 amide bonds. The molecule has 0 saturated carbocycles. The van der Waals surface area contributed by atoms with E-state index in [-0.39, 0.29) is 24.3 Å². The van der Waals surface area contributed by atoms with Crippen LogP contribution >= 0.6 is 0 Å². The van der Waals surface area contributed by atoms with Gasteiger partial charge in [0.1, 0.15) is 0 Å². The van der Waals surface area contributed by atoms with Crippen molar-refractivity contribution in [3.8, 4) is 0 Å². The molecule has 2 aliphatic rings. The molecule has 2 heterocycles. The second kappa shape index (κ2) is 7.99. The Kier molecular flexibility index (Phi) is 6.30. The van der Waals surface area contributed by atoms with Crippen LogP contribution in [0.15, 0.2) is 0 Å². The third-order valence-electron chi connectivity index (χ3n) is 4.38. The van der Waals surface area contributed by atoms with Crippen molar-refractivity contribution in [2.75, 3.05) is 19.7 Å². The summed E-state index contributed by atoms with van der Waals surface area (Å²) in [5.74, 6) is 0. The minimum Gasteiger partial charge on any atom is -0.378 e. The average Bonchev–Trinajstić information content (AvgIpc) is 2.97. The number of carbonyl (C=O) groups excluding carboxylic acids is 1. The van der Waals surface area contributed by atoms with Crippen LogP contribution in [0.3, 0.4) is 0 Å². The Hall–Kier alpha value is -0.810. The summed E-state index contributed by atoms with van der Waals surface area (Å²) < 4.78 is 11.4. The van der Waals surface area contributed by atoms with E-state index < -0.39 is 0 Å². The number of ether oxygens (including phenoxy) is 2. The summed E-state index contributed by atoms with van der Waals surface area (Å²) in [6.07, 6.45) is 6.00. The van der Waals surface area contributed by atoms with E-state index in [0.29, 0.717) is 19.2 Å². The fourth-order valence-corrected chi connectivity index (χ4v) is 3.12. The summed E-state index contributed by atoms with van der Waals surface area (Å²) in [6, 6.07) is 0.239. The summed E-state index contributed by atoms with van der Waals surface area (Å²) in [5.41, 5.74) is 0. The van der Waals surface area contributed by atoms with Gasteiger partial charge in [-0.15, -0.1) is 0 Å². The number of morpholine rings is 1. The van der Waals surface area contributed by atoms with Gasteiger partial charge in [-0.1, -0.05) is 6.92 Å². The lowest BCUT2D eigenvalue weighted by molar-refractivity contribution is -0.0648. The second-order valence-corrected chi connectivity index (χ2v) is 6.44. The van der Waals surface area contributed by atoms with Crippen molar-refractivity contribution in [3.05, 3.63) is 0 Å². The van der Waals surface area contributed by atoms with Crippen LogP contribution in [0.4, 0.5) is 4.79 Å². The first kappa shape index (κ1) is 16.6. The first-order chi connectivity index (χ1) is 10.1. The SMILES string of the molecule is CC[C@@H]1CN(C(=O)N[C@H](C)CC[C@@H]2CCCO2)C[C@H](C)O1. The molecule has 0 unspecified atom stereocenters. The van der Waals surface area contributed by atoms with Crippen molar-refractivity contribution < 1.29 is 14.3 Å². The van der Waals surface area contributed by atoms with Crippen molar-refractivity contribution in [1.29, 1.82) is 0 Å². The molecule has 0 aromatic heterocycles. The van der Waals surface area contributed by atoms with Gasteiger partial charge in [0.25, 0.3) is 0 Å². The largest absolute Gasteiger partial charge is 0.378 e. The molecule has 2 saturated heterocycles. The van der Waals surface area contributed by atoms with E-state index in [2.05, 4.69) is 19.2 Å².